The minimum absolute atomic E-state index is 0.0109. The van der Waals surface area contributed by atoms with E-state index in [1.54, 1.807) is 17.2 Å². The lowest BCUT2D eigenvalue weighted by molar-refractivity contribution is -0.384. The maximum absolute atomic E-state index is 10.6. The van der Waals surface area contributed by atoms with Gasteiger partial charge in [-0.3, -0.25) is 10.1 Å². The van der Waals surface area contributed by atoms with Gasteiger partial charge in [-0.25, -0.2) is 0 Å². The van der Waals surface area contributed by atoms with Crippen LogP contribution in [0.15, 0.2) is 28.4 Å². The van der Waals surface area contributed by atoms with Crippen molar-refractivity contribution in [2.45, 2.75) is 5.75 Å². The number of nitro benzene ring substituents is 1. The van der Waals surface area contributed by atoms with Gasteiger partial charge in [0.05, 0.1) is 16.0 Å². The average Bonchev–Trinajstić information content (AvgIpc) is 2.68. The van der Waals surface area contributed by atoms with E-state index in [0.29, 0.717) is 11.4 Å². The molecule has 2 N–H and O–H groups in total. The second-order valence-corrected chi connectivity index (χ2v) is 7.90. The first-order valence-electron chi connectivity index (χ1n) is 4.63. The fraction of sp³-hybridized carbons (Fsp3) is 0.111. The predicted octanol–water partition coefficient (Wildman–Crippen LogP) is 2.31. The molecule has 0 unspecified atom stereocenters. The van der Waals surface area contributed by atoms with E-state index in [1.807, 2.05) is 0 Å². The monoisotopic (exact) mass is 270 g/mol. The molecule has 0 spiro atoms. The van der Waals surface area contributed by atoms with Gasteiger partial charge in [0, 0.05) is 23.6 Å². The van der Waals surface area contributed by atoms with E-state index in [-0.39, 0.29) is 5.69 Å². The largest absolute Gasteiger partial charge is 0.398 e. The highest BCUT2D eigenvalue weighted by atomic mass is 33.1. The van der Waals surface area contributed by atoms with E-state index < -0.39 is 14.0 Å². The van der Waals surface area contributed by atoms with Crippen LogP contribution < -0.4 is 5.73 Å². The molecule has 0 amide bonds. The summed E-state index contributed by atoms with van der Waals surface area (Å²) in [6.07, 6.45) is 0. The number of nitrogens with zero attached hydrogens (tertiary/aromatic N) is 3. The Morgan fingerprint density at radius 2 is 2.06 bits per heavy atom. The van der Waals surface area contributed by atoms with Gasteiger partial charge in [0.2, 0.25) is 0 Å². The number of hydrogen-bond donors (Lipinski definition) is 2. The molecule has 0 atom stereocenters. The molecule has 0 bridgehead atoms. The fourth-order valence-corrected chi connectivity index (χ4v) is 3.47. The molecular weight excluding hydrogens is 260 g/mol. The lowest BCUT2D eigenvalue weighted by Crippen LogP contribution is -2.01. The van der Waals surface area contributed by atoms with Crippen molar-refractivity contribution in [1.82, 2.24) is 0 Å². The van der Waals surface area contributed by atoms with Gasteiger partial charge >= 0.3 is 0 Å². The molecular formula is C9H10N4O2S2. The molecule has 17 heavy (non-hydrogen) atoms. The Labute approximate surface area is 104 Å². The SMILES string of the molecule is Nc1cc([N+](=O)[O-])ccc1CS1(S)C=NN=C1. The number of hydrogen-bond acceptors (Lipinski definition) is 6. The highest BCUT2D eigenvalue weighted by Crippen LogP contribution is 2.53. The van der Waals surface area contributed by atoms with Crippen LogP contribution in [0.25, 0.3) is 0 Å². The molecule has 1 aromatic carbocycles. The summed E-state index contributed by atoms with van der Waals surface area (Å²) in [6, 6.07) is 4.44. The third-order valence-corrected chi connectivity index (χ3v) is 4.90. The molecule has 1 aliphatic heterocycles. The Balaban J connectivity index is 2.26. The fourth-order valence-electron chi connectivity index (χ4n) is 1.40. The smallest absolute Gasteiger partial charge is 0.271 e. The van der Waals surface area contributed by atoms with E-state index in [0.717, 1.165) is 5.56 Å². The molecule has 8 heteroatoms. The Bertz CT molecular complexity index is 518. The zero-order valence-electron chi connectivity index (χ0n) is 8.68. The minimum Gasteiger partial charge on any atom is -0.398 e. The summed E-state index contributed by atoms with van der Waals surface area (Å²) in [4.78, 5) is 10.1. The van der Waals surface area contributed by atoms with Crippen molar-refractivity contribution in [3.8, 4) is 0 Å². The number of nitrogen functional groups attached to an aromatic ring is 1. The molecule has 1 aromatic rings. The first kappa shape index (κ1) is 11.9. The number of benzene rings is 1. The van der Waals surface area contributed by atoms with Crippen LogP contribution in [0.1, 0.15) is 5.56 Å². The molecule has 0 aromatic heterocycles. The quantitative estimate of drug-likeness (QED) is 0.290. The van der Waals surface area contributed by atoms with Gasteiger partial charge in [-0.05, 0) is 11.6 Å². The molecule has 0 saturated heterocycles. The van der Waals surface area contributed by atoms with Gasteiger partial charge in [-0.2, -0.15) is 10.2 Å². The van der Waals surface area contributed by atoms with Gasteiger partial charge in [-0.15, -0.1) is 20.7 Å². The van der Waals surface area contributed by atoms with Gasteiger partial charge in [0.15, 0.2) is 0 Å². The van der Waals surface area contributed by atoms with Crippen LogP contribution in [0.5, 0.6) is 0 Å². The average molecular weight is 270 g/mol. The summed E-state index contributed by atoms with van der Waals surface area (Å²) in [6.45, 7) is 0. The Morgan fingerprint density at radius 1 is 1.41 bits per heavy atom. The predicted molar refractivity (Wildman–Crippen MR) is 74.8 cm³/mol. The van der Waals surface area contributed by atoms with Crippen LogP contribution >= 0.6 is 20.7 Å². The molecule has 90 valence electrons. The molecule has 2 rings (SSSR count). The van der Waals surface area contributed by atoms with Crippen molar-refractivity contribution in [1.29, 1.82) is 0 Å². The van der Waals surface area contributed by atoms with Crippen LogP contribution in [0.4, 0.5) is 11.4 Å². The van der Waals surface area contributed by atoms with Crippen LogP contribution in [0.3, 0.4) is 0 Å². The second-order valence-electron chi connectivity index (χ2n) is 3.54. The molecule has 0 radical (unpaired) electrons. The standard InChI is InChI=1S/C9H10N4O2S2/c10-9-3-8(13(14)15)2-1-7(9)4-17(16)5-11-12-6-17/h1-3,5-6,16H,4,10H2. The Hall–Kier alpha value is -1.54. The summed E-state index contributed by atoms with van der Waals surface area (Å²) < 4.78 is 0. The number of rotatable bonds is 3. The van der Waals surface area contributed by atoms with Gasteiger partial charge < -0.3 is 5.73 Å². The normalized spacial score (nSPS) is 18.2. The third-order valence-electron chi connectivity index (χ3n) is 2.25. The molecule has 1 aliphatic rings. The lowest BCUT2D eigenvalue weighted by atomic mass is 10.2. The minimum atomic E-state index is -1.45. The number of thiol groups is 1. The van der Waals surface area contributed by atoms with Crippen molar-refractivity contribution < 1.29 is 4.92 Å². The number of nitro groups is 1. The van der Waals surface area contributed by atoms with E-state index >= 15 is 0 Å². The van der Waals surface area contributed by atoms with Gasteiger partial charge in [0.1, 0.15) is 0 Å². The van der Waals surface area contributed by atoms with Crippen molar-refractivity contribution in [3.05, 3.63) is 33.9 Å². The van der Waals surface area contributed by atoms with E-state index in [1.165, 1.54) is 12.1 Å². The van der Waals surface area contributed by atoms with Crippen LogP contribution in [-0.2, 0) is 5.75 Å². The first-order valence-corrected chi connectivity index (χ1v) is 7.61. The maximum atomic E-state index is 10.6. The number of non-ortho nitro benzene ring substituents is 1. The van der Waals surface area contributed by atoms with Crippen LogP contribution in [0.2, 0.25) is 0 Å². The van der Waals surface area contributed by atoms with Crippen molar-refractivity contribution in [2.75, 3.05) is 5.73 Å². The van der Waals surface area contributed by atoms with Gasteiger partial charge in [-0.1, -0.05) is 0 Å². The van der Waals surface area contributed by atoms with Crippen molar-refractivity contribution in [2.24, 2.45) is 10.2 Å². The Kier molecular flexibility index (Phi) is 3.07. The molecule has 1 heterocycles. The van der Waals surface area contributed by atoms with E-state index in [9.17, 15) is 10.1 Å². The first-order chi connectivity index (χ1) is 8.00. The molecule has 0 aliphatic carbocycles. The highest BCUT2D eigenvalue weighted by Gasteiger charge is 2.21. The maximum Gasteiger partial charge on any atom is 0.271 e. The van der Waals surface area contributed by atoms with Crippen LogP contribution in [0, 0.1) is 10.1 Å². The van der Waals surface area contributed by atoms with E-state index in [4.69, 9.17) is 5.73 Å². The topological polar surface area (TPSA) is 93.9 Å². The second kappa shape index (κ2) is 4.38. The van der Waals surface area contributed by atoms with E-state index in [2.05, 4.69) is 21.9 Å². The molecule has 0 fully saturated rings. The Morgan fingerprint density at radius 3 is 2.59 bits per heavy atom. The summed E-state index contributed by atoms with van der Waals surface area (Å²) >= 11 is 4.50. The van der Waals surface area contributed by atoms with Gasteiger partial charge in [0.25, 0.3) is 5.69 Å². The summed E-state index contributed by atoms with van der Waals surface area (Å²) in [5, 5.41) is 18.1. The summed E-state index contributed by atoms with van der Waals surface area (Å²) in [7, 11) is -1.45. The van der Waals surface area contributed by atoms with Crippen LogP contribution in [-0.4, -0.2) is 16.0 Å². The number of anilines is 1. The van der Waals surface area contributed by atoms with Crippen molar-refractivity contribution in [3.63, 3.8) is 0 Å². The summed E-state index contributed by atoms with van der Waals surface area (Å²) in [5.41, 5.74) is 10.4. The summed E-state index contributed by atoms with van der Waals surface area (Å²) in [5.74, 6) is 0.576. The molecule has 0 saturated carbocycles. The zero-order chi connectivity index (χ0) is 12.5. The van der Waals surface area contributed by atoms with Crippen molar-refractivity contribution >= 4 is 43.2 Å². The zero-order valence-corrected chi connectivity index (χ0v) is 10.4. The third kappa shape index (κ3) is 2.59. The number of nitrogens with two attached hydrogens (primary N) is 1. The molecule has 6 nitrogen and oxygen atoms in total. The highest BCUT2D eigenvalue weighted by molar-refractivity contribution is 8.98. The lowest BCUT2D eigenvalue weighted by Gasteiger charge is -2.21.